The standard InChI is InChI=1S/C21H18N4O6S/c1-26-12-7-8-13(16(9-12)27-2)19-22-18(31-25-19)11-32-21-24-23-20(30-21)17-10-28-14-5-3-4-6-15(14)29-17/h3-9,17H,10-11H2,1-2H3. The zero-order chi connectivity index (χ0) is 21.9. The minimum atomic E-state index is -0.468. The van der Waals surface area contributed by atoms with Crippen LogP contribution in [0.15, 0.2) is 56.6 Å². The van der Waals surface area contributed by atoms with E-state index in [-0.39, 0.29) is 0 Å². The van der Waals surface area contributed by atoms with Crippen molar-refractivity contribution in [2.75, 3.05) is 20.8 Å². The molecule has 11 heteroatoms. The average molecular weight is 454 g/mol. The number of ether oxygens (including phenoxy) is 4. The predicted octanol–water partition coefficient (Wildman–Crippen LogP) is 3.94. The fraction of sp³-hybridized carbons (Fsp3) is 0.238. The minimum Gasteiger partial charge on any atom is -0.497 e. The van der Waals surface area contributed by atoms with Gasteiger partial charge in [0.1, 0.15) is 18.1 Å². The number of fused-ring (bicyclic) bond motifs is 1. The molecule has 4 aromatic rings. The van der Waals surface area contributed by atoms with E-state index in [0.29, 0.717) is 63.7 Å². The minimum absolute atomic E-state index is 0.292. The fourth-order valence-corrected chi connectivity index (χ4v) is 3.69. The van der Waals surface area contributed by atoms with Crippen molar-refractivity contribution in [3.63, 3.8) is 0 Å². The summed E-state index contributed by atoms with van der Waals surface area (Å²) in [6.45, 7) is 0.292. The monoisotopic (exact) mass is 454 g/mol. The average Bonchev–Trinajstić information content (AvgIpc) is 3.52. The van der Waals surface area contributed by atoms with Gasteiger partial charge in [-0.15, -0.1) is 10.2 Å². The number of benzene rings is 2. The maximum atomic E-state index is 5.89. The van der Waals surface area contributed by atoms with Crippen molar-refractivity contribution in [3.05, 3.63) is 54.2 Å². The lowest BCUT2D eigenvalue weighted by molar-refractivity contribution is 0.0686. The van der Waals surface area contributed by atoms with E-state index in [4.69, 9.17) is 27.9 Å². The molecule has 1 atom stereocenters. The summed E-state index contributed by atoms with van der Waals surface area (Å²) in [7, 11) is 3.16. The first kappa shape index (κ1) is 20.2. The van der Waals surface area contributed by atoms with Crippen LogP contribution in [-0.4, -0.2) is 41.2 Å². The second-order valence-electron chi connectivity index (χ2n) is 6.64. The molecule has 10 nitrogen and oxygen atoms in total. The molecule has 2 aromatic heterocycles. The number of para-hydroxylation sites is 2. The first-order chi connectivity index (χ1) is 15.7. The van der Waals surface area contributed by atoms with Gasteiger partial charge in [-0.3, -0.25) is 0 Å². The third-order valence-electron chi connectivity index (χ3n) is 4.64. The number of nitrogens with zero attached hydrogens (tertiary/aromatic N) is 4. The summed E-state index contributed by atoms with van der Waals surface area (Å²) >= 11 is 1.28. The van der Waals surface area contributed by atoms with Gasteiger partial charge in [0.25, 0.3) is 11.1 Å². The van der Waals surface area contributed by atoms with E-state index in [2.05, 4.69) is 20.3 Å². The topological polar surface area (TPSA) is 115 Å². The summed E-state index contributed by atoms with van der Waals surface area (Å²) in [4.78, 5) is 4.43. The molecule has 0 bridgehead atoms. The SMILES string of the molecule is COc1ccc(-c2noc(CSc3nnc(C4COc5ccccc5O4)o3)n2)c(OC)c1. The molecule has 0 aliphatic carbocycles. The Hall–Kier alpha value is -3.73. The maximum absolute atomic E-state index is 5.89. The molecule has 0 saturated carbocycles. The molecule has 32 heavy (non-hydrogen) atoms. The Morgan fingerprint density at radius 3 is 2.78 bits per heavy atom. The Morgan fingerprint density at radius 2 is 1.94 bits per heavy atom. The first-order valence-corrected chi connectivity index (χ1v) is 10.6. The molecule has 1 unspecified atom stereocenters. The van der Waals surface area contributed by atoms with Crippen LogP contribution in [0.25, 0.3) is 11.4 Å². The quantitative estimate of drug-likeness (QED) is 0.378. The largest absolute Gasteiger partial charge is 0.497 e. The lowest BCUT2D eigenvalue weighted by Crippen LogP contribution is -2.21. The Labute approximate surface area is 186 Å². The highest BCUT2D eigenvalue weighted by Gasteiger charge is 2.27. The summed E-state index contributed by atoms with van der Waals surface area (Å²) in [5, 5.41) is 12.5. The maximum Gasteiger partial charge on any atom is 0.277 e. The molecule has 0 amide bonds. The smallest absolute Gasteiger partial charge is 0.277 e. The second kappa shape index (κ2) is 8.79. The number of rotatable bonds is 7. The lowest BCUT2D eigenvalue weighted by Gasteiger charge is -2.23. The fourth-order valence-electron chi connectivity index (χ4n) is 3.08. The molecule has 3 heterocycles. The van der Waals surface area contributed by atoms with E-state index >= 15 is 0 Å². The highest BCUT2D eigenvalue weighted by molar-refractivity contribution is 7.98. The van der Waals surface area contributed by atoms with Crippen LogP contribution in [0.4, 0.5) is 0 Å². The van der Waals surface area contributed by atoms with E-state index in [9.17, 15) is 0 Å². The summed E-state index contributed by atoms with van der Waals surface area (Å²) < 4.78 is 33.3. The number of thioether (sulfide) groups is 1. The van der Waals surface area contributed by atoms with Gasteiger partial charge in [0, 0.05) is 6.07 Å². The molecule has 0 radical (unpaired) electrons. The molecular formula is C21H18N4O6S. The van der Waals surface area contributed by atoms with Crippen molar-refractivity contribution >= 4 is 11.8 Å². The van der Waals surface area contributed by atoms with Gasteiger partial charge in [-0.2, -0.15) is 4.98 Å². The summed E-state index contributed by atoms with van der Waals surface area (Å²) in [5.41, 5.74) is 0.697. The zero-order valence-electron chi connectivity index (χ0n) is 17.2. The zero-order valence-corrected chi connectivity index (χ0v) is 18.0. The molecule has 0 N–H and O–H groups in total. The van der Waals surface area contributed by atoms with Crippen LogP contribution < -0.4 is 18.9 Å². The predicted molar refractivity (Wildman–Crippen MR) is 112 cm³/mol. The van der Waals surface area contributed by atoms with Crippen LogP contribution in [0.1, 0.15) is 17.9 Å². The third-order valence-corrected chi connectivity index (χ3v) is 5.45. The Morgan fingerprint density at radius 1 is 1.06 bits per heavy atom. The van der Waals surface area contributed by atoms with Gasteiger partial charge >= 0.3 is 0 Å². The lowest BCUT2D eigenvalue weighted by atomic mass is 10.2. The molecule has 2 aromatic carbocycles. The van der Waals surface area contributed by atoms with Crippen molar-refractivity contribution in [2.45, 2.75) is 17.1 Å². The van der Waals surface area contributed by atoms with Gasteiger partial charge < -0.3 is 27.9 Å². The summed E-state index contributed by atoms with van der Waals surface area (Å²) in [6, 6.07) is 12.8. The van der Waals surface area contributed by atoms with Crippen LogP contribution >= 0.6 is 11.8 Å². The van der Waals surface area contributed by atoms with Gasteiger partial charge in [-0.05, 0) is 24.3 Å². The van der Waals surface area contributed by atoms with Crippen LogP contribution in [0.2, 0.25) is 0 Å². The van der Waals surface area contributed by atoms with Gasteiger partial charge in [0.2, 0.25) is 17.8 Å². The molecule has 1 aliphatic rings. The van der Waals surface area contributed by atoms with E-state index in [1.807, 2.05) is 30.3 Å². The Bertz CT molecular complexity index is 1230. The van der Waals surface area contributed by atoms with Gasteiger partial charge in [0.05, 0.1) is 25.5 Å². The molecule has 0 fully saturated rings. The second-order valence-corrected chi connectivity index (χ2v) is 7.56. The number of hydrogen-bond acceptors (Lipinski definition) is 11. The van der Waals surface area contributed by atoms with E-state index in [0.717, 1.165) is 0 Å². The molecule has 1 aliphatic heterocycles. The highest BCUT2D eigenvalue weighted by Crippen LogP contribution is 2.36. The van der Waals surface area contributed by atoms with E-state index < -0.39 is 6.10 Å². The third kappa shape index (κ3) is 4.06. The van der Waals surface area contributed by atoms with Crippen LogP contribution in [0.5, 0.6) is 23.0 Å². The number of hydrogen-bond donors (Lipinski definition) is 0. The van der Waals surface area contributed by atoms with Crippen molar-refractivity contribution in [1.29, 1.82) is 0 Å². The van der Waals surface area contributed by atoms with Crippen LogP contribution in [0, 0.1) is 0 Å². The number of methoxy groups -OCH3 is 2. The molecule has 5 rings (SSSR count). The molecular weight excluding hydrogens is 436 g/mol. The first-order valence-electron chi connectivity index (χ1n) is 9.63. The molecule has 0 saturated heterocycles. The van der Waals surface area contributed by atoms with Gasteiger partial charge in [-0.1, -0.05) is 29.1 Å². The summed E-state index contributed by atoms with van der Waals surface area (Å²) in [6.07, 6.45) is -0.468. The number of aromatic nitrogens is 4. The van der Waals surface area contributed by atoms with Crippen molar-refractivity contribution in [2.24, 2.45) is 0 Å². The van der Waals surface area contributed by atoms with Crippen LogP contribution in [0.3, 0.4) is 0 Å². The Balaban J connectivity index is 1.23. The van der Waals surface area contributed by atoms with Crippen molar-refractivity contribution in [1.82, 2.24) is 20.3 Å². The van der Waals surface area contributed by atoms with Crippen molar-refractivity contribution in [3.8, 4) is 34.4 Å². The Kier molecular flexibility index (Phi) is 5.55. The van der Waals surface area contributed by atoms with Gasteiger partial charge in [0.15, 0.2) is 11.5 Å². The normalized spacial score (nSPS) is 14.9. The molecule has 0 spiro atoms. The molecule has 164 valence electrons. The van der Waals surface area contributed by atoms with Gasteiger partial charge in [-0.25, -0.2) is 0 Å². The highest BCUT2D eigenvalue weighted by atomic mass is 32.2. The van der Waals surface area contributed by atoms with E-state index in [1.54, 1.807) is 26.4 Å². The van der Waals surface area contributed by atoms with Crippen LogP contribution in [-0.2, 0) is 5.75 Å². The van der Waals surface area contributed by atoms with E-state index in [1.165, 1.54) is 11.8 Å². The van der Waals surface area contributed by atoms with Crippen molar-refractivity contribution < 1.29 is 27.9 Å². The summed E-state index contributed by atoms with van der Waals surface area (Å²) in [5.74, 6) is 4.12.